The smallest absolute Gasteiger partial charge is 0.143 e. The third-order valence-electron chi connectivity index (χ3n) is 3.50. The van der Waals surface area contributed by atoms with Crippen LogP contribution in [0.3, 0.4) is 0 Å². The number of hydrogen-bond acceptors (Lipinski definition) is 4. The highest BCUT2D eigenvalue weighted by molar-refractivity contribution is 9.10. The molecule has 2 N–H and O–H groups in total. The van der Waals surface area contributed by atoms with Crippen molar-refractivity contribution >= 4 is 27.4 Å². The molecule has 1 aliphatic rings. The van der Waals surface area contributed by atoms with Crippen LogP contribution >= 0.6 is 15.9 Å². The van der Waals surface area contributed by atoms with Crippen LogP contribution in [-0.2, 0) is 4.74 Å². The monoisotopic (exact) mass is 313 g/mol. The summed E-state index contributed by atoms with van der Waals surface area (Å²) in [5.41, 5.74) is 7.65. The molecule has 1 aromatic heterocycles. The van der Waals surface area contributed by atoms with E-state index in [1.165, 1.54) is 0 Å². The Kier molecular flexibility index (Phi) is 4.12. The van der Waals surface area contributed by atoms with Crippen LogP contribution in [0.2, 0.25) is 0 Å². The Balaban J connectivity index is 2.36. The zero-order valence-corrected chi connectivity index (χ0v) is 12.7. The Labute approximate surface area is 117 Å². The van der Waals surface area contributed by atoms with Crippen molar-refractivity contribution in [3.05, 3.63) is 16.2 Å². The first-order valence-electron chi connectivity index (χ1n) is 6.33. The Morgan fingerprint density at radius 1 is 1.61 bits per heavy atom. The van der Waals surface area contributed by atoms with Crippen LogP contribution in [0, 0.1) is 6.92 Å². The topological polar surface area (TPSA) is 51.4 Å². The number of anilines is 2. The van der Waals surface area contributed by atoms with Crippen LogP contribution in [0.25, 0.3) is 0 Å². The molecular weight excluding hydrogens is 294 g/mol. The van der Waals surface area contributed by atoms with Gasteiger partial charge in [-0.15, -0.1) is 0 Å². The Hall–Kier alpha value is -0.810. The molecule has 2 unspecified atom stereocenters. The average Bonchev–Trinajstić information content (AvgIpc) is 2.36. The Morgan fingerprint density at radius 3 is 3.00 bits per heavy atom. The number of nitrogens with two attached hydrogens (primary N) is 1. The van der Waals surface area contributed by atoms with Crippen LogP contribution in [0.5, 0.6) is 0 Å². The number of hydrogen-bond donors (Lipinski definition) is 1. The first kappa shape index (κ1) is 13.6. The molecule has 5 heteroatoms. The number of nitrogens with zero attached hydrogens (tertiary/aromatic N) is 2. The number of aromatic nitrogens is 1. The number of halogens is 1. The predicted molar refractivity (Wildman–Crippen MR) is 77.9 cm³/mol. The maximum Gasteiger partial charge on any atom is 0.143 e. The van der Waals surface area contributed by atoms with Gasteiger partial charge in [0.25, 0.3) is 0 Å². The minimum atomic E-state index is 0.236. The second-order valence-electron chi connectivity index (χ2n) is 4.83. The van der Waals surface area contributed by atoms with Gasteiger partial charge >= 0.3 is 0 Å². The highest BCUT2D eigenvalue weighted by atomic mass is 79.9. The van der Waals surface area contributed by atoms with Gasteiger partial charge in [0.1, 0.15) is 5.82 Å². The molecule has 2 rings (SSSR count). The molecule has 0 aromatic carbocycles. The van der Waals surface area contributed by atoms with E-state index in [-0.39, 0.29) is 6.10 Å². The lowest BCUT2D eigenvalue weighted by Crippen LogP contribution is -2.49. The summed E-state index contributed by atoms with van der Waals surface area (Å²) < 4.78 is 6.71. The van der Waals surface area contributed by atoms with Crippen molar-refractivity contribution in [1.82, 2.24) is 4.98 Å². The number of morpholine rings is 1. The van der Waals surface area contributed by atoms with Gasteiger partial charge in [-0.05, 0) is 41.8 Å². The Morgan fingerprint density at radius 2 is 2.33 bits per heavy atom. The third-order valence-corrected chi connectivity index (χ3v) is 4.44. The van der Waals surface area contributed by atoms with Gasteiger partial charge in [0.05, 0.1) is 35.1 Å². The van der Waals surface area contributed by atoms with E-state index in [4.69, 9.17) is 10.5 Å². The summed E-state index contributed by atoms with van der Waals surface area (Å²) in [7, 11) is 0. The van der Waals surface area contributed by atoms with Gasteiger partial charge in [-0.25, -0.2) is 4.98 Å². The second-order valence-corrected chi connectivity index (χ2v) is 5.63. The first-order valence-corrected chi connectivity index (χ1v) is 7.12. The minimum Gasteiger partial charge on any atom is -0.397 e. The summed E-state index contributed by atoms with van der Waals surface area (Å²) in [6.07, 6.45) is 3.02. The fourth-order valence-electron chi connectivity index (χ4n) is 2.22. The largest absolute Gasteiger partial charge is 0.397 e. The summed E-state index contributed by atoms with van der Waals surface area (Å²) in [4.78, 5) is 6.82. The van der Waals surface area contributed by atoms with Gasteiger partial charge in [0.15, 0.2) is 0 Å². The van der Waals surface area contributed by atoms with E-state index in [0.717, 1.165) is 41.1 Å². The highest BCUT2D eigenvalue weighted by Gasteiger charge is 2.28. The molecule has 1 saturated heterocycles. The van der Waals surface area contributed by atoms with E-state index in [2.05, 4.69) is 39.7 Å². The lowest BCUT2D eigenvalue weighted by Gasteiger charge is -2.39. The first-order chi connectivity index (χ1) is 8.54. The molecule has 0 bridgehead atoms. The van der Waals surface area contributed by atoms with Crippen LogP contribution in [0.1, 0.15) is 25.8 Å². The average molecular weight is 314 g/mol. The second kappa shape index (κ2) is 5.45. The molecule has 4 nitrogen and oxygen atoms in total. The van der Waals surface area contributed by atoms with E-state index >= 15 is 0 Å². The minimum absolute atomic E-state index is 0.236. The molecule has 100 valence electrons. The van der Waals surface area contributed by atoms with Crippen molar-refractivity contribution in [2.45, 2.75) is 39.3 Å². The lowest BCUT2D eigenvalue weighted by atomic mass is 10.1. The van der Waals surface area contributed by atoms with Gasteiger partial charge < -0.3 is 15.4 Å². The maximum atomic E-state index is 5.88. The number of nitrogen functional groups attached to an aromatic ring is 1. The van der Waals surface area contributed by atoms with E-state index in [1.807, 2.05) is 6.92 Å². The summed E-state index contributed by atoms with van der Waals surface area (Å²) in [6.45, 7) is 7.91. The fraction of sp³-hybridized carbons (Fsp3) is 0.615. The molecule has 0 spiro atoms. The van der Waals surface area contributed by atoms with Gasteiger partial charge in [0.2, 0.25) is 0 Å². The molecule has 1 aliphatic heterocycles. The van der Waals surface area contributed by atoms with Crippen molar-refractivity contribution in [1.29, 1.82) is 0 Å². The van der Waals surface area contributed by atoms with Crippen LogP contribution < -0.4 is 10.6 Å². The Bertz CT molecular complexity index is 438. The molecular formula is C13H20BrN3O. The predicted octanol–water partition coefficient (Wildman–Crippen LogP) is 2.74. The standard InChI is InChI=1S/C13H20BrN3O/c1-4-10-7-18-8(2)6-17(10)13-12(14)9(3)11(15)5-16-13/h5,8,10H,4,6-7,15H2,1-3H3. The zero-order valence-electron chi connectivity index (χ0n) is 11.1. The molecule has 0 radical (unpaired) electrons. The number of pyridine rings is 1. The fourth-order valence-corrected chi connectivity index (χ4v) is 2.78. The van der Waals surface area contributed by atoms with E-state index < -0.39 is 0 Å². The van der Waals surface area contributed by atoms with E-state index in [1.54, 1.807) is 6.20 Å². The summed E-state index contributed by atoms with van der Waals surface area (Å²) in [5.74, 6) is 0.976. The van der Waals surface area contributed by atoms with Gasteiger partial charge in [-0.1, -0.05) is 6.92 Å². The molecule has 0 aliphatic carbocycles. The lowest BCUT2D eigenvalue weighted by molar-refractivity contribution is 0.0295. The number of ether oxygens (including phenoxy) is 1. The summed E-state index contributed by atoms with van der Waals surface area (Å²) >= 11 is 3.62. The van der Waals surface area contributed by atoms with Gasteiger partial charge in [-0.2, -0.15) is 0 Å². The molecule has 1 aromatic rings. The third kappa shape index (κ3) is 2.47. The van der Waals surface area contributed by atoms with E-state index in [9.17, 15) is 0 Å². The van der Waals surface area contributed by atoms with Crippen molar-refractivity contribution in [2.24, 2.45) is 0 Å². The molecule has 1 fully saturated rings. The molecule has 0 saturated carbocycles. The van der Waals surface area contributed by atoms with Crippen molar-refractivity contribution in [3.63, 3.8) is 0 Å². The van der Waals surface area contributed by atoms with Crippen LogP contribution in [0.15, 0.2) is 10.7 Å². The van der Waals surface area contributed by atoms with Gasteiger partial charge in [0, 0.05) is 6.54 Å². The number of rotatable bonds is 2. The summed E-state index contributed by atoms with van der Waals surface area (Å²) in [6, 6.07) is 0.382. The maximum absolute atomic E-state index is 5.88. The zero-order chi connectivity index (χ0) is 13.3. The molecule has 2 heterocycles. The molecule has 2 atom stereocenters. The summed E-state index contributed by atoms with van der Waals surface area (Å²) in [5, 5.41) is 0. The van der Waals surface area contributed by atoms with Crippen molar-refractivity contribution in [2.75, 3.05) is 23.8 Å². The highest BCUT2D eigenvalue weighted by Crippen LogP contribution is 2.33. The normalized spacial score (nSPS) is 24.3. The van der Waals surface area contributed by atoms with Crippen LogP contribution in [-0.4, -0.2) is 30.3 Å². The molecule has 0 amide bonds. The SMILES string of the molecule is CCC1COC(C)CN1c1ncc(N)c(C)c1Br. The molecule has 18 heavy (non-hydrogen) atoms. The van der Waals surface area contributed by atoms with Crippen molar-refractivity contribution in [3.8, 4) is 0 Å². The van der Waals surface area contributed by atoms with E-state index in [0.29, 0.717) is 6.04 Å². The van der Waals surface area contributed by atoms with Crippen molar-refractivity contribution < 1.29 is 4.74 Å². The van der Waals surface area contributed by atoms with Gasteiger partial charge in [-0.3, -0.25) is 0 Å². The van der Waals surface area contributed by atoms with Crippen LogP contribution in [0.4, 0.5) is 11.5 Å². The quantitative estimate of drug-likeness (QED) is 0.912.